The van der Waals surface area contributed by atoms with Crippen molar-refractivity contribution in [3.05, 3.63) is 35.4 Å². The molecule has 0 bridgehead atoms. The van der Waals surface area contributed by atoms with Crippen LogP contribution in [0.5, 0.6) is 0 Å². The fourth-order valence-corrected chi connectivity index (χ4v) is 6.21. The van der Waals surface area contributed by atoms with Crippen LogP contribution in [0.25, 0.3) is 0 Å². The van der Waals surface area contributed by atoms with E-state index in [0.29, 0.717) is 5.92 Å². The van der Waals surface area contributed by atoms with E-state index in [1.165, 1.54) is 76.2 Å². The number of benzene rings is 1. The Hall–Kier alpha value is -1.31. The number of hydrogen-bond acceptors (Lipinski definition) is 1. The summed E-state index contributed by atoms with van der Waals surface area (Å²) in [7, 11) is 0. The molecule has 0 aromatic heterocycles. The molecule has 0 aliphatic heterocycles. The number of carboxylic acids is 1. The molecule has 0 atom stereocenters. The quantitative estimate of drug-likeness (QED) is 0.393. The Morgan fingerprint density at radius 2 is 1.47 bits per heavy atom. The molecule has 2 nitrogen and oxygen atoms in total. The Kier molecular flexibility index (Phi) is 8.84. The molecule has 1 N–H and O–H groups in total. The standard InChI is InChI=1S/C28H44O2/c1-3-5-6-7-9-23-10-12-24(13-11-23)25-14-16-26(17-15-25)28(27(29)30)20-18-22(8-4-2)19-21-28/h14-17,22-24H,3-13,18-21H2,1-2H3,(H,29,30). The van der Waals surface area contributed by atoms with E-state index in [0.717, 1.165) is 43.1 Å². The summed E-state index contributed by atoms with van der Waals surface area (Å²) in [6.07, 6.45) is 18.5. The topological polar surface area (TPSA) is 37.3 Å². The second-order valence-electron chi connectivity index (χ2n) is 10.3. The van der Waals surface area contributed by atoms with Gasteiger partial charge in [0.2, 0.25) is 0 Å². The second kappa shape index (κ2) is 11.3. The van der Waals surface area contributed by atoms with E-state index in [1.807, 2.05) is 0 Å². The minimum atomic E-state index is -0.654. The zero-order valence-electron chi connectivity index (χ0n) is 19.5. The van der Waals surface area contributed by atoms with E-state index in [2.05, 4.69) is 38.1 Å². The SMILES string of the molecule is CCCCCCC1CCC(c2ccc(C3(C(=O)O)CCC(CCC)CC3)cc2)CC1. The zero-order valence-corrected chi connectivity index (χ0v) is 19.5. The monoisotopic (exact) mass is 412 g/mol. The molecule has 0 saturated heterocycles. The summed E-state index contributed by atoms with van der Waals surface area (Å²) in [5.74, 6) is 1.71. The highest BCUT2D eigenvalue weighted by Crippen LogP contribution is 2.44. The maximum Gasteiger partial charge on any atom is 0.314 e. The van der Waals surface area contributed by atoms with Crippen LogP contribution in [-0.4, -0.2) is 11.1 Å². The van der Waals surface area contributed by atoms with Gasteiger partial charge in [0.15, 0.2) is 0 Å². The number of hydrogen-bond donors (Lipinski definition) is 1. The summed E-state index contributed by atoms with van der Waals surface area (Å²) in [5.41, 5.74) is 1.82. The van der Waals surface area contributed by atoms with Crippen molar-refractivity contribution < 1.29 is 9.90 Å². The van der Waals surface area contributed by atoms with Gasteiger partial charge in [-0.2, -0.15) is 0 Å². The van der Waals surface area contributed by atoms with E-state index in [1.54, 1.807) is 0 Å². The molecular formula is C28H44O2. The third-order valence-corrected chi connectivity index (χ3v) is 8.31. The number of aliphatic carboxylic acids is 1. The predicted octanol–water partition coefficient (Wildman–Crippen LogP) is 8.24. The molecule has 0 spiro atoms. The molecule has 2 fully saturated rings. The molecule has 2 aliphatic rings. The van der Waals surface area contributed by atoms with Crippen molar-refractivity contribution in [3.63, 3.8) is 0 Å². The number of unbranched alkanes of at least 4 members (excludes halogenated alkanes) is 3. The molecule has 2 saturated carbocycles. The summed E-state index contributed by atoms with van der Waals surface area (Å²) in [6.45, 7) is 4.52. The van der Waals surface area contributed by atoms with Crippen molar-refractivity contribution in [1.82, 2.24) is 0 Å². The van der Waals surface area contributed by atoms with Crippen molar-refractivity contribution in [2.75, 3.05) is 0 Å². The van der Waals surface area contributed by atoms with Gasteiger partial charge in [-0.1, -0.05) is 83.1 Å². The molecular weight excluding hydrogens is 368 g/mol. The summed E-state index contributed by atoms with van der Waals surface area (Å²) in [5, 5.41) is 10.1. The molecule has 2 heteroatoms. The molecule has 0 unspecified atom stereocenters. The first-order chi connectivity index (χ1) is 14.6. The van der Waals surface area contributed by atoms with Crippen LogP contribution in [0.4, 0.5) is 0 Å². The van der Waals surface area contributed by atoms with Gasteiger partial charge in [0.1, 0.15) is 0 Å². The van der Waals surface area contributed by atoms with Gasteiger partial charge in [0, 0.05) is 0 Å². The third kappa shape index (κ3) is 5.68. The first kappa shape index (κ1) is 23.4. The van der Waals surface area contributed by atoms with Gasteiger partial charge in [-0.25, -0.2) is 0 Å². The molecule has 1 aromatic rings. The molecule has 0 amide bonds. The Labute approximate surface area is 184 Å². The van der Waals surface area contributed by atoms with Crippen LogP contribution >= 0.6 is 0 Å². The molecule has 168 valence electrons. The largest absolute Gasteiger partial charge is 0.481 e. The predicted molar refractivity (Wildman–Crippen MR) is 126 cm³/mol. The highest BCUT2D eigenvalue weighted by Gasteiger charge is 2.43. The fraction of sp³-hybridized carbons (Fsp3) is 0.750. The van der Waals surface area contributed by atoms with Crippen LogP contribution in [0, 0.1) is 11.8 Å². The molecule has 2 aliphatic carbocycles. The van der Waals surface area contributed by atoms with Crippen molar-refractivity contribution in [2.45, 2.75) is 121 Å². The van der Waals surface area contributed by atoms with Crippen molar-refractivity contribution >= 4 is 5.97 Å². The normalized spacial score (nSPS) is 29.6. The Morgan fingerprint density at radius 3 is 2.03 bits per heavy atom. The summed E-state index contributed by atoms with van der Waals surface area (Å²) in [4.78, 5) is 12.3. The lowest BCUT2D eigenvalue weighted by molar-refractivity contribution is -0.145. The lowest BCUT2D eigenvalue weighted by Gasteiger charge is -2.37. The van der Waals surface area contributed by atoms with Gasteiger partial charge in [0.05, 0.1) is 5.41 Å². The second-order valence-corrected chi connectivity index (χ2v) is 10.3. The molecule has 1 aromatic carbocycles. The van der Waals surface area contributed by atoms with E-state index in [-0.39, 0.29) is 0 Å². The zero-order chi connectivity index (χ0) is 21.4. The number of carbonyl (C=O) groups is 1. The van der Waals surface area contributed by atoms with E-state index in [9.17, 15) is 9.90 Å². The van der Waals surface area contributed by atoms with Gasteiger partial charge in [0.25, 0.3) is 0 Å². The van der Waals surface area contributed by atoms with Crippen molar-refractivity contribution in [2.24, 2.45) is 11.8 Å². The minimum Gasteiger partial charge on any atom is -0.481 e. The molecule has 30 heavy (non-hydrogen) atoms. The van der Waals surface area contributed by atoms with Crippen LogP contribution in [0.1, 0.15) is 127 Å². The van der Waals surface area contributed by atoms with Gasteiger partial charge in [-0.15, -0.1) is 0 Å². The van der Waals surface area contributed by atoms with Crippen LogP contribution in [0.2, 0.25) is 0 Å². The van der Waals surface area contributed by atoms with Gasteiger partial charge < -0.3 is 5.11 Å². The van der Waals surface area contributed by atoms with Crippen LogP contribution in [0.15, 0.2) is 24.3 Å². The van der Waals surface area contributed by atoms with Crippen LogP contribution in [-0.2, 0) is 10.2 Å². The van der Waals surface area contributed by atoms with Gasteiger partial charge in [-0.05, 0) is 80.2 Å². The third-order valence-electron chi connectivity index (χ3n) is 8.31. The number of rotatable bonds is 10. The Bertz CT molecular complexity index is 631. The van der Waals surface area contributed by atoms with Crippen molar-refractivity contribution in [3.8, 4) is 0 Å². The molecule has 3 rings (SSSR count). The number of carboxylic acid groups (broad SMARTS) is 1. The Balaban J connectivity index is 1.56. The average molecular weight is 413 g/mol. The van der Waals surface area contributed by atoms with Gasteiger partial charge in [-0.3, -0.25) is 4.79 Å². The van der Waals surface area contributed by atoms with Crippen LogP contribution in [0.3, 0.4) is 0 Å². The highest BCUT2D eigenvalue weighted by atomic mass is 16.4. The molecule has 0 heterocycles. The first-order valence-corrected chi connectivity index (χ1v) is 12.9. The van der Waals surface area contributed by atoms with Gasteiger partial charge >= 0.3 is 5.97 Å². The maximum absolute atomic E-state index is 12.3. The lowest BCUT2D eigenvalue weighted by Crippen LogP contribution is -2.39. The smallest absolute Gasteiger partial charge is 0.314 e. The lowest BCUT2D eigenvalue weighted by atomic mass is 9.65. The summed E-state index contributed by atoms with van der Waals surface area (Å²) < 4.78 is 0. The highest BCUT2D eigenvalue weighted by molar-refractivity contribution is 5.81. The van der Waals surface area contributed by atoms with Crippen LogP contribution < -0.4 is 0 Å². The fourth-order valence-electron chi connectivity index (χ4n) is 6.21. The van der Waals surface area contributed by atoms with Crippen molar-refractivity contribution in [1.29, 1.82) is 0 Å². The summed E-state index contributed by atoms with van der Waals surface area (Å²) >= 11 is 0. The van der Waals surface area contributed by atoms with E-state index < -0.39 is 11.4 Å². The molecule has 0 radical (unpaired) electrons. The Morgan fingerprint density at radius 1 is 0.833 bits per heavy atom. The van der Waals surface area contributed by atoms with E-state index in [4.69, 9.17) is 0 Å². The first-order valence-electron chi connectivity index (χ1n) is 12.9. The maximum atomic E-state index is 12.3. The average Bonchev–Trinajstić information content (AvgIpc) is 2.78. The van der Waals surface area contributed by atoms with E-state index >= 15 is 0 Å². The summed E-state index contributed by atoms with van der Waals surface area (Å²) in [6, 6.07) is 8.82. The minimum absolute atomic E-state index is 0.617.